The quantitative estimate of drug-likeness (QED) is 0.812. The molecule has 0 bridgehead atoms. The molecule has 2 aromatic rings. The molecule has 0 aliphatic heterocycles. The molecule has 0 saturated carbocycles. The zero-order chi connectivity index (χ0) is 13.1. The van der Waals surface area contributed by atoms with Crippen molar-refractivity contribution in [2.24, 2.45) is 0 Å². The maximum Gasteiger partial charge on any atom is 0.182 e. The van der Waals surface area contributed by atoms with Gasteiger partial charge in [-0.1, -0.05) is 23.2 Å². The average Bonchev–Trinajstić information content (AvgIpc) is 2.35. The summed E-state index contributed by atoms with van der Waals surface area (Å²) < 4.78 is 1.63. The van der Waals surface area contributed by atoms with E-state index in [4.69, 9.17) is 23.2 Å². The van der Waals surface area contributed by atoms with Gasteiger partial charge in [0.05, 0.1) is 16.6 Å². The predicted octanol–water partition coefficient (Wildman–Crippen LogP) is 3.04. The second kappa shape index (κ2) is 5.38. The third-order valence-corrected chi connectivity index (χ3v) is 3.17. The van der Waals surface area contributed by atoms with Gasteiger partial charge in [0, 0.05) is 30.1 Å². The van der Waals surface area contributed by atoms with Gasteiger partial charge in [-0.15, -0.1) is 0 Å². The van der Waals surface area contributed by atoms with Crippen LogP contribution in [0.4, 0.5) is 0 Å². The zero-order valence-corrected chi connectivity index (χ0v) is 10.8. The van der Waals surface area contributed by atoms with Gasteiger partial charge in [-0.05, 0) is 18.2 Å². The van der Waals surface area contributed by atoms with Crippen molar-refractivity contribution in [3.05, 3.63) is 68.6 Å². The fourth-order valence-corrected chi connectivity index (χ4v) is 1.77. The van der Waals surface area contributed by atoms with Crippen LogP contribution in [0, 0.1) is 0 Å². The highest BCUT2D eigenvalue weighted by Crippen LogP contribution is 2.22. The number of hydrogen-bond acceptors (Lipinski definition) is 2. The van der Waals surface area contributed by atoms with Gasteiger partial charge < -0.3 is 4.57 Å². The smallest absolute Gasteiger partial charge is 0.182 e. The topological polar surface area (TPSA) is 39.1 Å². The van der Waals surface area contributed by atoms with E-state index in [0.717, 1.165) is 0 Å². The normalized spacial score (nSPS) is 10.3. The highest BCUT2D eigenvalue weighted by molar-refractivity contribution is 6.42. The molecule has 0 aliphatic carbocycles. The summed E-state index contributed by atoms with van der Waals surface area (Å²) in [5.74, 6) is -0.0998. The van der Waals surface area contributed by atoms with E-state index in [1.54, 1.807) is 29.1 Å². The molecule has 18 heavy (non-hydrogen) atoms. The lowest BCUT2D eigenvalue weighted by atomic mass is 10.1. The van der Waals surface area contributed by atoms with Crippen molar-refractivity contribution in [1.82, 2.24) is 4.57 Å². The van der Waals surface area contributed by atoms with Gasteiger partial charge in [0.25, 0.3) is 0 Å². The molecule has 0 fully saturated rings. The second-order valence-electron chi connectivity index (χ2n) is 3.76. The van der Waals surface area contributed by atoms with Gasteiger partial charge in [-0.3, -0.25) is 9.59 Å². The Kier molecular flexibility index (Phi) is 3.84. The molecule has 1 aromatic heterocycles. The Morgan fingerprint density at radius 2 is 1.72 bits per heavy atom. The maximum atomic E-state index is 12.0. The molecule has 0 radical (unpaired) electrons. The molecule has 1 aromatic carbocycles. The van der Waals surface area contributed by atoms with Crippen LogP contribution in [-0.4, -0.2) is 10.4 Å². The number of aromatic nitrogens is 1. The number of rotatable bonds is 3. The Labute approximate surface area is 114 Å². The lowest BCUT2D eigenvalue weighted by Crippen LogP contribution is -2.12. The van der Waals surface area contributed by atoms with E-state index in [2.05, 4.69) is 0 Å². The van der Waals surface area contributed by atoms with Crippen molar-refractivity contribution in [3.8, 4) is 0 Å². The molecule has 1 heterocycles. The highest BCUT2D eigenvalue weighted by Gasteiger charge is 2.08. The Morgan fingerprint density at radius 3 is 2.33 bits per heavy atom. The van der Waals surface area contributed by atoms with Crippen molar-refractivity contribution in [3.63, 3.8) is 0 Å². The van der Waals surface area contributed by atoms with Crippen molar-refractivity contribution >= 4 is 29.0 Å². The molecule has 0 saturated heterocycles. The number of halogens is 2. The van der Waals surface area contributed by atoms with Crippen molar-refractivity contribution < 1.29 is 4.79 Å². The monoisotopic (exact) mass is 281 g/mol. The zero-order valence-electron chi connectivity index (χ0n) is 9.27. The molecule has 0 spiro atoms. The standard InChI is InChI=1S/C13H9Cl2NO2/c14-11-2-1-9(7-12(11)15)13(18)8-16-5-3-10(17)4-6-16/h1-7H,8H2. The fraction of sp³-hybridized carbons (Fsp3) is 0.0769. The lowest BCUT2D eigenvalue weighted by Gasteiger charge is -2.05. The summed E-state index contributed by atoms with van der Waals surface area (Å²) in [6, 6.07) is 7.56. The number of pyridine rings is 1. The minimum Gasteiger partial charge on any atom is -0.346 e. The van der Waals surface area contributed by atoms with E-state index in [1.807, 2.05) is 0 Å². The van der Waals surface area contributed by atoms with Gasteiger partial charge in [0.2, 0.25) is 0 Å². The molecule has 0 aliphatic rings. The van der Waals surface area contributed by atoms with Gasteiger partial charge in [-0.2, -0.15) is 0 Å². The van der Waals surface area contributed by atoms with Crippen LogP contribution in [0.2, 0.25) is 10.0 Å². The van der Waals surface area contributed by atoms with Crippen molar-refractivity contribution in [2.75, 3.05) is 0 Å². The number of benzene rings is 1. The number of Topliss-reactive ketones (excluding diaryl/α,β-unsaturated/α-hetero) is 1. The first-order valence-electron chi connectivity index (χ1n) is 5.20. The SMILES string of the molecule is O=C(Cn1ccc(=O)cc1)c1ccc(Cl)c(Cl)c1. The molecule has 0 N–H and O–H groups in total. The van der Waals surface area contributed by atoms with Gasteiger partial charge >= 0.3 is 0 Å². The predicted molar refractivity (Wildman–Crippen MR) is 71.5 cm³/mol. The third-order valence-electron chi connectivity index (χ3n) is 2.43. The Hall–Kier alpha value is -1.58. The first-order valence-corrected chi connectivity index (χ1v) is 5.96. The van der Waals surface area contributed by atoms with Crippen LogP contribution < -0.4 is 5.43 Å². The summed E-state index contributed by atoms with van der Waals surface area (Å²) in [4.78, 5) is 22.9. The third kappa shape index (κ3) is 3.00. The summed E-state index contributed by atoms with van der Waals surface area (Å²) in [7, 11) is 0. The molecule has 0 unspecified atom stereocenters. The van der Waals surface area contributed by atoms with Gasteiger partial charge in [0.15, 0.2) is 11.2 Å². The van der Waals surface area contributed by atoms with E-state index in [0.29, 0.717) is 15.6 Å². The largest absolute Gasteiger partial charge is 0.346 e. The number of ketones is 1. The van der Waals surface area contributed by atoms with E-state index < -0.39 is 0 Å². The molecule has 0 atom stereocenters. The summed E-state index contributed by atoms with van der Waals surface area (Å²) in [6.07, 6.45) is 3.13. The molecular weight excluding hydrogens is 273 g/mol. The molecule has 0 amide bonds. The van der Waals surface area contributed by atoms with Gasteiger partial charge in [0.1, 0.15) is 0 Å². The van der Waals surface area contributed by atoms with E-state index >= 15 is 0 Å². The molecule has 2 rings (SSSR count). The second-order valence-corrected chi connectivity index (χ2v) is 4.57. The highest BCUT2D eigenvalue weighted by atomic mass is 35.5. The van der Waals surface area contributed by atoms with E-state index in [9.17, 15) is 9.59 Å². The summed E-state index contributed by atoms with van der Waals surface area (Å²) in [6.45, 7) is 0.151. The molecule has 92 valence electrons. The Morgan fingerprint density at radius 1 is 1.06 bits per heavy atom. The van der Waals surface area contributed by atoms with E-state index in [-0.39, 0.29) is 17.8 Å². The minimum atomic E-state index is -0.0998. The minimum absolute atomic E-state index is 0.0896. The maximum absolute atomic E-state index is 12.0. The Bertz CT molecular complexity index is 629. The number of carbonyl (C=O) groups excluding carboxylic acids is 1. The van der Waals surface area contributed by atoms with Crippen LogP contribution in [0.25, 0.3) is 0 Å². The van der Waals surface area contributed by atoms with Crippen LogP contribution in [0.15, 0.2) is 47.5 Å². The molecular formula is C13H9Cl2NO2. The number of carbonyl (C=O) groups is 1. The van der Waals surface area contributed by atoms with Crippen LogP contribution in [0.3, 0.4) is 0 Å². The number of hydrogen-bond donors (Lipinski definition) is 0. The summed E-state index contributed by atoms with van der Waals surface area (Å²) in [5, 5.41) is 0.763. The first kappa shape index (κ1) is 12.9. The van der Waals surface area contributed by atoms with Gasteiger partial charge in [-0.25, -0.2) is 0 Å². The fourth-order valence-electron chi connectivity index (χ4n) is 1.48. The van der Waals surface area contributed by atoms with Crippen molar-refractivity contribution in [1.29, 1.82) is 0 Å². The van der Waals surface area contributed by atoms with E-state index in [1.165, 1.54) is 18.2 Å². The van der Waals surface area contributed by atoms with Crippen LogP contribution in [-0.2, 0) is 6.54 Å². The Balaban J connectivity index is 2.19. The average molecular weight is 282 g/mol. The lowest BCUT2D eigenvalue weighted by molar-refractivity contribution is 0.0972. The van der Waals surface area contributed by atoms with Crippen LogP contribution in [0.5, 0.6) is 0 Å². The van der Waals surface area contributed by atoms with Crippen molar-refractivity contribution in [2.45, 2.75) is 6.54 Å². The number of nitrogens with zero attached hydrogens (tertiary/aromatic N) is 1. The van der Waals surface area contributed by atoms with Crippen LogP contribution in [0.1, 0.15) is 10.4 Å². The molecule has 3 nitrogen and oxygen atoms in total. The summed E-state index contributed by atoms with van der Waals surface area (Å²) in [5.41, 5.74) is 0.399. The summed E-state index contributed by atoms with van der Waals surface area (Å²) >= 11 is 11.6. The first-order chi connectivity index (χ1) is 8.56. The van der Waals surface area contributed by atoms with Crippen LogP contribution >= 0.6 is 23.2 Å². The molecule has 5 heteroatoms.